The molecular formula is C9H16N4O. The van der Waals surface area contributed by atoms with Gasteiger partial charge in [-0.25, -0.2) is 9.67 Å². The fourth-order valence-corrected chi connectivity index (χ4v) is 1.23. The average Bonchev–Trinajstić information content (AvgIpc) is 2.59. The number of nitrogens with zero attached hydrogens (tertiary/aromatic N) is 3. The Morgan fingerprint density at radius 1 is 1.50 bits per heavy atom. The minimum Gasteiger partial charge on any atom is -0.368 e. The molecule has 1 unspecified atom stereocenters. The van der Waals surface area contributed by atoms with Crippen molar-refractivity contribution in [2.24, 2.45) is 5.73 Å². The van der Waals surface area contributed by atoms with Crippen LogP contribution in [0.25, 0.3) is 0 Å². The third-order valence-corrected chi connectivity index (χ3v) is 2.16. The molecule has 1 heterocycles. The molecule has 0 saturated heterocycles. The highest BCUT2D eigenvalue weighted by Crippen LogP contribution is 2.08. The molecule has 1 rings (SSSR count). The van der Waals surface area contributed by atoms with Crippen molar-refractivity contribution in [3.63, 3.8) is 0 Å². The summed E-state index contributed by atoms with van der Waals surface area (Å²) >= 11 is 0. The average molecular weight is 196 g/mol. The molecule has 78 valence electrons. The van der Waals surface area contributed by atoms with Crippen LogP contribution in [0.1, 0.15) is 38.5 Å². The third-order valence-electron chi connectivity index (χ3n) is 2.16. The molecule has 0 spiro atoms. The van der Waals surface area contributed by atoms with Crippen molar-refractivity contribution in [3.8, 4) is 0 Å². The second kappa shape index (κ2) is 4.21. The normalized spacial score (nSPS) is 12.8. The Kier molecular flexibility index (Phi) is 3.22. The minimum atomic E-state index is -0.419. The summed E-state index contributed by atoms with van der Waals surface area (Å²) < 4.78 is 1.61. The molecule has 0 aliphatic rings. The van der Waals surface area contributed by atoms with Crippen molar-refractivity contribution in [3.05, 3.63) is 11.6 Å². The first-order chi connectivity index (χ1) is 6.60. The Labute approximate surface area is 83.3 Å². The van der Waals surface area contributed by atoms with Crippen LogP contribution in [0.2, 0.25) is 0 Å². The molecule has 1 aromatic rings. The third kappa shape index (κ3) is 1.92. The van der Waals surface area contributed by atoms with Crippen LogP contribution >= 0.6 is 0 Å². The van der Waals surface area contributed by atoms with Crippen molar-refractivity contribution < 1.29 is 4.79 Å². The number of nitrogens with two attached hydrogens (primary N) is 1. The molecule has 1 aromatic heterocycles. The second-order valence-corrected chi connectivity index (χ2v) is 3.17. The number of hydrogen-bond donors (Lipinski definition) is 1. The van der Waals surface area contributed by atoms with Crippen LogP contribution < -0.4 is 5.73 Å². The molecule has 1 atom stereocenters. The van der Waals surface area contributed by atoms with Crippen LogP contribution in [0, 0.1) is 0 Å². The second-order valence-electron chi connectivity index (χ2n) is 3.17. The first-order valence-corrected chi connectivity index (χ1v) is 4.83. The van der Waals surface area contributed by atoms with Gasteiger partial charge in [0.25, 0.3) is 0 Å². The summed E-state index contributed by atoms with van der Waals surface area (Å²) in [5.74, 6) is 1.19. The van der Waals surface area contributed by atoms with E-state index < -0.39 is 6.04 Å². The number of primary amides is 1. The minimum absolute atomic E-state index is 0.382. The Bertz CT molecular complexity index is 332. The van der Waals surface area contributed by atoms with E-state index in [-0.39, 0.29) is 5.91 Å². The van der Waals surface area contributed by atoms with Gasteiger partial charge in [-0.3, -0.25) is 4.79 Å². The number of hydrogen-bond acceptors (Lipinski definition) is 3. The highest BCUT2D eigenvalue weighted by atomic mass is 16.1. The van der Waals surface area contributed by atoms with Gasteiger partial charge in [-0.05, 0) is 6.92 Å². The van der Waals surface area contributed by atoms with E-state index in [0.29, 0.717) is 0 Å². The van der Waals surface area contributed by atoms with E-state index in [1.807, 2.05) is 13.8 Å². The van der Waals surface area contributed by atoms with Crippen molar-refractivity contribution >= 4 is 5.91 Å². The zero-order valence-electron chi connectivity index (χ0n) is 8.82. The summed E-state index contributed by atoms with van der Waals surface area (Å²) in [7, 11) is 0. The number of carbonyl (C=O) groups excluding carboxylic acids is 1. The van der Waals surface area contributed by atoms with Gasteiger partial charge >= 0.3 is 0 Å². The van der Waals surface area contributed by atoms with Crippen LogP contribution in [0.15, 0.2) is 0 Å². The van der Waals surface area contributed by atoms with E-state index >= 15 is 0 Å². The lowest BCUT2D eigenvalue weighted by molar-refractivity contribution is -0.121. The fraction of sp³-hybridized carbons (Fsp3) is 0.667. The monoisotopic (exact) mass is 196 g/mol. The lowest BCUT2D eigenvalue weighted by atomic mass is 10.3. The molecular weight excluding hydrogens is 180 g/mol. The highest BCUT2D eigenvalue weighted by Gasteiger charge is 2.17. The molecule has 0 radical (unpaired) electrons. The van der Waals surface area contributed by atoms with Gasteiger partial charge in [-0.15, -0.1) is 0 Å². The number of aromatic nitrogens is 3. The van der Waals surface area contributed by atoms with E-state index in [4.69, 9.17) is 5.73 Å². The van der Waals surface area contributed by atoms with Crippen LogP contribution in [-0.2, 0) is 17.6 Å². The van der Waals surface area contributed by atoms with Crippen LogP contribution in [0.5, 0.6) is 0 Å². The van der Waals surface area contributed by atoms with Crippen molar-refractivity contribution in [1.29, 1.82) is 0 Å². The number of carbonyl (C=O) groups is 1. The van der Waals surface area contributed by atoms with Crippen molar-refractivity contribution in [2.75, 3.05) is 0 Å². The predicted molar refractivity (Wildman–Crippen MR) is 52.7 cm³/mol. The number of aryl methyl sites for hydroxylation is 2. The highest BCUT2D eigenvalue weighted by molar-refractivity contribution is 5.77. The zero-order valence-corrected chi connectivity index (χ0v) is 8.82. The smallest absolute Gasteiger partial charge is 0.242 e. The van der Waals surface area contributed by atoms with Crippen LogP contribution in [-0.4, -0.2) is 20.7 Å². The fourth-order valence-electron chi connectivity index (χ4n) is 1.23. The largest absolute Gasteiger partial charge is 0.368 e. The van der Waals surface area contributed by atoms with Crippen LogP contribution in [0.3, 0.4) is 0 Å². The van der Waals surface area contributed by atoms with Gasteiger partial charge in [-0.2, -0.15) is 5.10 Å². The molecule has 1 amide bonds. The molecule has 0 bridgehead atoms. The number of rotatable bonds is 4. The molecule has 14 heavy (non-hydrogen) atoms. The maximum atomic E-state index is 11.0. The quantitative estimate of drug-likeness (QED) is 0.759. The number of amides is 1. The lowest BCUT2D eigenvalue weighted by Gasteiger charge is -2.09. The summed E-state index contributed by atoms with van der Waals surface area (Å²) in [4.78, 5) is 15.3. The maximum Gasteiger partial charge on any atom is 0.242 e. The standard InChI is InChI=1S/C9H16N4O/c1-4-7-11-8(5-2)13(12-7)6(3)9(10)14/h6H,4-5H2,1-3H3,(H2,10,14). The summed E-state index contributed by atoms with van der Waals surface area (Å²) in [6, 6.07) is -0.419. The van der Waals surface area contributed by atoms with E-state index in [1.54, 1.807) is 11.6 Å². The van der Waals surface area contributed by atoms with Crippen molar-refractivity contribution in [1.82, 2.24) is 14.8 Å². The van der Waals surface area contributed by atoms with E-state index in [1.165, 1.54) is 0 Å². The molecule has 0 saturated carbocycles. The molecule has 0 aromatic carbocycles. The van der Waals surface area contributed by atoms with Crippen molar-refractivity contribution in [2.45, 2.75) is 39.7 Å². The molecule has 0 aliphatic heterocycles. The Morgan fingerprint density at radius 2 is 2.14 bits per heavy atom. The molecule has 0 fully saturated rings. The predicted octanol–water partition coefficient (Wildman–Crippen LogP) is 0.449. The Morgan fingerprint density at radius 3 is 2.57 bits per heavy atom. The molecule has 0 aliphatic carbocycles. The lowest BCUT2D eigenvalue weighted by Crippen LogP contribution is -2.26. The Hall–Kier alpha value is -1.39. The zero-order chi connectivity index (χ0) is 10.7. The topological polar surface area (TPSA) is 73.8 Å². The van der Waals surface area contributed by atoms with E-state index in [0.717, 1.165) is 24.5 Å². The molecule has 2 N–H and O–H groups in total. The van der Waals surface area contributed by atoms with Gasteiger partial charge in [-0.1, -0.05) is 13.8 Å². The first-order valence-electron chi connectivity index (χ1n) is 4.83. The molecule has 5 nitrogen and oxygen atoms in total. The van der Waals surface area contributed by atoms with Gasteiger partial charge in [0.2, 0.25) is 5.91 Å². The van der Waals surface area contributed by atoms with Gasteiger partial charge in [0.1, 0.15) is 11.9 Å². The van der Waals surface area contributed by atoms with Crippen LogP contribution in [0.4, 0.5) is 0 Å². The SMILES string of the molecule is CCc1nc(CC)n(C(C)C(N)=O)n1. The van der Waals surface area contributed by atoms with Gasteiger partial charge in [0.05, 0.1) is 0 Å². The summed E-state index contributed by atoms with van der Waals surface area (Å²) in [5, 5.41) is 4.23. The van der Waals surface area contributed by atoms with E-state index in [2.05, 4.69) is 10.1 Å². The summed E-state index contributed by atoms with van der Waals surface area (Å²) in [5.41, 5.74) is 5.21. The summed E-state index contributed by atoms with van der Waals surface area (Å²) in [6.45, 7) is 5.69. The maximum absolute atomic E-state index is 11.0. The first kappa shape index (κ1) is 10.7. The van der Waals surface area contributed by atoms with Gasteiger partial charge in [0.15, 0.2) is 5.82 Å². The summed E-state index contributed by atoms with van der Waals surface area (Å²) in [6.07, 6.45) is 1.52. The van der Waals surface area contributed by atoms with Gasteiger partial charge < -0.3 is 5.73 Å². The van der Waals surface area contributed by atoms with E-state index in [9.17, 15) is 4.79 Å². The molecule has 5 heteroatoms. The van der Waals surface area contributed by atoms with Gasteiger partial charge in [0, 0.05) is 12.8 Å². The Balaban J connectivity index is 3.05.